The average molecular weight is 456 g/mol. The van der Waals surface area contributed by atoms with Gasteiger partial charge in [0.15, 0.2) is 10.8 Å². The average Bonchev–Trinajstić information content (AvgIpc) is 3.24. The molecule has 3 heterocycles. The number of anilines is 2. The van der Waals surface area contributed by atoms with Crippen molar-refractivity contribution >= 4 is 28.9 Å². The Balaban J connectivity index is 1.60. The van der Waals surface area contributed by atoms with E-state index < -0.39 is 0 Å². The lowest BCUT2D eigenvalue weighted by Crippen LogP contribution is -2.33. The number of ether oxygens (including phenoxy) is 1. The minimum absolute atomic E-state index is 0.339. The van der Waals surface area contributed by atoms with E-state index in [2.05, 4.69) is 59.7 Å². The topological polar surface area (TPSA) is 75.2 Å². The van der Waals surface area contributed by atoms with Crippen LogP contribution in [0.15, 0.2) is 65.8 Å². The van der Waals surface area contributed by atoms with Gasteiger partial charge in [-0.3, -0.25) is 4.40 Å². The highest BCUT2D eigenvalue weighted by Gasteiger charge is 2.33. The van der Waals surface area contributed by atoms with Crippen LogP contribution in [-0.2, 0) is 24.2 Å². The Hall–Kier alpha value is -3.34. The van der Waals surface area contributed by atoms with E-state index in [1.54, 1.807) is 11.8 Å². The van der Waals surface area contributed by atoms with E-state index in [1.807, 2.05) is 40.8 Å². The number of rotatable bonds is 6. The van der Waals surface area contributed by atoms with Gasteiger partial charge in [0.05, 0.1) is 17.8 Å². The number of nitrogens with one attached hydrogen (secondary N) is 1. The summed E-state index contributed by atoms with van der Waals surface area (Å²) in [5.41, 5.74) is 5.18. The quantitative estimate of drug-likeness (QED) is 0.385. The molecule has 33 heavy (non-hydrogen) atoms. The third-order valence-corrected chi connectivity index (χ3v) is 6.78. The molecule has 0 saturated heterocycles. The first-order chi connectivity index (χ1) is 16.1. The highest BCUT2D eigenvalue weighted by Crippen LogP contribution is 2.38. The number of nitrogens with zero attached hydrogens (tertiary/aromatic N) is 4. The number of para-hydroxylation sites is 1. The number of fused-ring (bicyclic) bond motifs is 3. The molecule has 0 fully saturated rings. The lowest BCUT2D eigenvalue weighted by molar-refractivity contribution is -0.0397. The van der Waals surface area contributed by atoms with Crippen molar-refractivity contribution in [1.29, 1.82) is 5.26 Å². The number of aromatic nitrogens is 3. The standard InChI is InChI=1S/C26H25N5OS/c1-26(2)15-20-21(16-27)23(28-19-11-7-4-8-12-19)31-24(22(20)17-32-26)29-30-25(31)33-14-13-18-9-5-3-6-10-18/h3-12,28H,13-15,17H2,1-2H3. The maximum atomic E-state index is 10.2. The zero-order valence-electron chi connectivity index (χ0n) is 18.7. The monoisotopic (exact) mass is 455 g/mol. The highest BCUT2D eigenvalue weighted by molar-refractivity contribution is 7.99. The van der Waals surface area contributed by atoms with Gasteiger partial charge in [-0.2, -0.15) is 5.26 Å². The highest BCUT2D eigenvalue weighted by atomic mass is 32.2. The van der Waals surface area contributed by atoms with Crippen LogP contribution < -0.4 is 5.32 Å². The Morgan fingerprint density at radius 2 is 1.79 bits per heavy atom. The number of benzene rings is 2. The molecule has 1 aliphatic heterocycles. The molecule has 0 spiro atoms. The van der Waals surface area contributed by atoms with Crippen LogP contribution in [0.1, 0.15) is 36.1 Å². The maximum Gasteiger partial charge on any atom is 0.197 e. The van der Waals surface area contributed by atoms with Crippen LogP contribution in [0.4, 0.5) is 11.5 Å². The van der Waals surface area contributed by atoms with E-state index in [-0.39, 0.29) is 5.60 Å². The van der Waals surface area contributed by atoms with Gasteiger partial charge in [-0.1, -0.05) is 60.3 Å². The summed E-state index contributed by atoms with van der Waals surface area (Å²) in [5, 5.41) is 23.6. The second-order valence-electron chi connectivity index (χ2n) is 8.73. The molecule has 0 aliphatic carbocycles. The van der Waals surface area contributed by atoms with Gasteiger partial charge in [-0.25, -0.2) is 0 Å². The van der Waals surface area contributed by atoms with Crippen molar-refractivity contribution in [2.75, 3.05) is 11.1 Å². The van der Waals surface area contributed by atoms with Gasteiger partial charge in [0.1, 0.15) is 11.9 Å². The van der Waals surface area contributed by atoms with Crippen molar-refractivity contribution in [3.63, 3.8) is 0 Å². The molecule has 0 atom stereocenters. The number of pyridine rings is 1. The SMILES string of the molecule is CC1(C)Cc2c(C#N)c(Nc3ccccc3)n3c(SCCc4ccccc4)nnc3c2CO1. The molecular formula is C26H25N5OS. The molecule has 6 nitrogen and oxygen atoms in total. The fourth-order valence-corrected chi connectivity index (χ4v) is 5.12. The van der Waals surface area contributed by atoms with Crippen molar-refractivity contribution in [3.8, 4) is 6.07 Å². The van der Waals surface area contributed by atoms with Gasteiger partial charge in [0.25, 0.3) is 0 Å². The Labute approximate surface area is 197 Å². The van der Waals surface area contributed by atoms with Gasteiger partial charge in [0.2, 0.25) is 0 Å². The van der Waals surface area contributed by atoms with Gasteiger partial charge < -0.3 is 10.1 Å². The van der Waals surface area contributed by atoms with Gasteiger partial charge >= 0.3 is 0 Å². The van der Waals surface area contributed by atoms with Crippen molar-refractivity contribution in [1.82, 2.24) is 14.6 Å². The molecule has 166 valence electrons. The Kier molecular flexibility index (Phi) is 5.79. The second kappa shape index (κ2) is 8.89. The van der Waals surface area contributed by atoms with Crippen molar-refractivity contribution in [3.05, 3.63) is 82.9 Å². The predicted molar refractivity (Wildman–Crippen MR) is 131 cm³/mol. The molecule has 2 aromatic heterocycles. The van der Waals surface area contributed by atoms with Gasteiger partial charge in [0, 0.05) is 23.4 Å². The molecule has 0 saturated carbocycles. The summed E-state index contributed by atoms with van der Waals surface area (Å²) in [6.07, 6.45) is 1.57. The minimum atomic E-state index is -0.339. The van der Waals surface area contributed by atoms with Crippen LogP contribution in [0.5, 0.6) is 0 Å². The first kappa shape index (κ1) is 21.5. The maximum absolute atomic E-state index is 10.2. The molecule has 1 aliphatic rings. The zero-order valence-corrected chi connectivity index (χ0v) is 19.5. The van der Waals surface area contributed by atoms with E-state index in [1.165, 1.54) is 5.56 Å². The first-order valence-electron chi connectivity index (χ1n) is 11.0. The normalized spacial score (nSPS) is 14.6. The summed E-state index contributed by atoms with van der Waals surface area (Å²) < 4.78 is 8.08. The molecule has 0 bridgehead atoms. The Bertz CT molecular complexity index is 1330. The van der Waals surface area contributed by atoms with Crippen molar-refractivity contribution in [2.45, 2.75) is 44.1 Å². The van der Waals surface area contributed by atoms with E-state index in [9.17, 15) is 5.26 Å². The summed E-state index contributed by atoms with van der Waals surface area (Å²) in [4.78, 5) is 0. The summed E-state index contributed by atoms with van der Waals surface area (Å²) in [6, 6.07) is 22.8. The molecular weight excluding hydrogens is 430 g/mol. The van der Waals surface area contributed by atoms with Crippen LogP contribution >= 0.6 is 11.8 Å². The molecule has 4 aromatic rings. The van der Waals surface area contributed by atoms with Gasteiger partial charge in [-0.15, -0.1) is 10.2 Å². The number of hydrogen-bond acceptors (Lipinski definition) is 6. The lowest BCUT2D eigenvalue weighted by Gasteiger charge is -2.33. The second-order valence-corrected chi connectivity index (χ2v) is 9.80. The molecule has 1 N–H and O–H groups in total. The molecule has 2 aromatic carbocycles. The van der Waals surface area contributed by atoms with E-state index in [0.717, 1.165) is 39.8 Å². The number of hydrogen-bond donors (Lipinski definition) is 1. The molecule has 0 radical (unpaired) electrons. The number of aryl methyl sites for hydroxylation is 1. The van der Waals surface area contributed by atoms with E-state index in [4.69, 9.17) is 4.74 Å². The zero-order chi connectivity index (χ0) is 22.8. The van der Waals surface area contributed by atoms with Crippen LogP contribution in [0.25, 0.3) is 5.65 Å². The van der Waals surface area contributed by atoms with Crippen molar-refractivity contribution < 1.29 is 4.74 Å². The Morgan fingerprint density at radius 1 is 1.06 bits per heavy atom. The largest absolute Gasteiger partial charge is 0.370 e. The minimum Gasteiger partial charge on any atom is -0.370 e. The van der Waals surface area contributed by atoms with Crippen LogP contribution in [0.2, 0.25) is 0 Å². The molecule has 0 unspecified atom stereocenters. The smallest absolute Gasteiger partial charge is 0.197 e. The molecule has 7 heteroatoms. The predicted octanol–water partition coefficient (Wildman–Crippen LogP) is 5.53. The van der Waals surface area contributed by atoms with Crippen LogP contribution in [-0.4, -0.2) is 26.0 Å². The summed E-state index contributed by atoms with van der Waals surface area (Å²) in [6.45, 7) is 4.53. The summed E-state index contributed by atoms with van der Waals surface area (Å²) >= 11 is 1.64. The number of thioether (sulfide) groups is 1. The Morgan fingerprint density at radius 3 is 2.52 bits per heavy atom. The lowest BCUT2D eigenvalue weighted by atomic mass is 9.89. The summed E-state index contributed by atoms with van der Waals surface area (Å²) in [7, 11) is 0. The molecule has 5 rings (SSSR count). The fraction of sp³-hybridized carbons (Fsp3) is 0.269. The third-order valence-electron chi connectivity index (χ3n) is 5.85. The number of nitriles is 1. The van der Waals surface area contributed by atoms with Crippen LogP contribution in [0.3, 0.4) is 0 Å². The van der Waals surface area contributed by atoms with Gasteiger partial charge in [-0.05, 0) is 43.5 Å². The first-order valence-corrected chi connectivity index (χ1v) is 12.0. The van der Waals surface area contributed by atoms with Crippen LogP contribution in [0, 0.1) is 11.3 Å². The summed E-state index contributed by atoms with van der Waals surface area (Å²) in [5.74, 6) is 1.57. The fourth-order valence-electron chi connectivity index (χ4n) is 4.19. The van der Waals surface area contributed by atoms with Crippen molar-refractivity contribution in [2.24, 2.45) is 0 Å². The third kappa shape index (κ3) is 4.32. The van der Waals surface area contributed by atoms with E-state index in [0.29, 0.717) is 24.4 Å². The molecule has 0 amide bonds. The van der Waals surface area contributed by atoms with E-state index >= 15 is 0 Å².